The molecule has 0 fully saturated rings. The van der Waals surface area contributed by atoms with Gasteiger partial charge in [0.15, 0.2) is 0 Å². The van der Waals surface area contributed by atoms with E-state index in [2.05, 4.69) is 20.7 Å². The Morgan fingerprint density at radius 2 is 1.59 bits per heavy atom. The van der Waals surface area contributed by atoms with Gasteiger partial charge < -0.3 is 10.5 Å². The zero-order valence-corrected chi connectivity index (χ0v) is 9.37. The third-order valence-electron chi connectivity index (χ3n) is 1.68. The van der Waals surface area contributed by atoms with E-state index in [9.17, 15) is 26.3 Å². The van der Waals surface area contributed by atoms with Crippen LogP contribution in [0.4, 0.5) is 32.0 Å². The van der Waals surface area contributed by atoms with Crippen LogP contribution in [-0.2, 0) is 6.18 Å². The minimum absolute atomic E-state index is 0.418. The van der Waals surface area contributed by atoms with E-state index >= 15 is 0 Å². The maximum Gasteiger partial charge on any atom is 0.573 e. The highest BCUT2D eigenvalue weighted by Crippen LogP contribution is 2.42. The zero-order valence-electron chi connectivity index (χ0n) is 7.79. The fraction of sp³-hybridized carbons (Fsp3) is 0.250. The Kier molecular flexibility index (Phi) is 3.51. The van der Waals surface area contributed by atoms with Crippen molar-refractivity contribution >= 4 is 21.6 Å². The van der Waals surface area contributed by atoms with Gasteiger partial charge in [0.2, 0.25) is 0 Å². The summed E-state index contributed by atoms with van der Waals surface area (Å²) in [6.07, 6.45) is -9.75. The first kappa shape index (κ1) is 13.9. The third kappa shape index (κ3) is 3.42. The van der Waals surface area contributed by atoms with Gasteiger partial charge in [-0.05, 0) is 28.1 Å². The van der Waals surface area contributed by atoms with Crippen molar-refractivity contribution in [2.45, 2.75) is 12.5 Å². The molecule has 2 nitrogen and oxygen atoms in total. The van der Waals surface area contributed by atoms with Crippen LogP contribution in [0.2, 0.25) is 0 Å². The number of alkyl halides is 6. The smallest absolute Gasteiger partial charge is 0.405 e. The topological polar surface area (TPSA) is 35.2 Å². The van der Waals surface area contributed by atoms with Crippen molar-refractivity contribution in [2.75, 3.05) is 5.73 Å². The summed E-state index contributed by atoms with van der Waals surface area (Å²) >= 11 is 2.53. The summed E-state index contributed by atoms with van der Waals surface area (Å²) in [5, 5.41) is 0. The molecule has 0 radical (unpaired) electrons. The molecule has 17 heavy (non-hydrogen) atoms. The minimum atomic E-state index is -5.01. The number of nitrogen functional groups attached to an aromatic ring is 1. The first-order valence-electron chi connectivity index (χ1n) is 3.93. The summed E-state index contributed by atoms with van der Waals surface area (Å²) in [5.74, 6) is -0.831. The largest absolute Gasteiger partial charge is 0.573 e. The predicted octanol–water partition coefficient (Wildman–Crippen LogP) is 3.95. The van der Waals surface area contributed by atoms with Crippen LogP contribution in [0.15, 0.2) is 16.6 Å². The maximum atomic E-state index is 12.3. The molecule has 1 rings (SSSR count). The summed E-state index contributed by atoms with van der Waals surface area (Å²) in [4.78, 5) is 0. The SMILES string of the molecule is Nc1c(C(F)(F)F)ccc(OC(F)(F)F)c1Br. The molecule has 1 aromatic rings. The summed E-state index contributed by atoms with van der Waals surface area (Å²) in [7, 11) is 0. The maximum absolute atomic E-state index is 12.3. The van der Waals surface area contributed by atoms with Crippen LogP contribution in [-0.4, -0.2) is 6.36 Å². The Labute approximate surface area is 99.5 Å². The van der Waals surface area contributed by atoms with Crippen molar-refractivity contribution < 1.29 is 31.1 Å². The second-order valence-corrected chi connectivity index (χ2v) is 3.68. The highest BCUT2D eigenvalue weighted by atomic mass is 79.9. The van der Waals surface area contributed by atoms with Crippen LogP contribution in [0.5, 0.6) is 5.75 Å². The quantitative estimate of drug-likeness (QED) is 0.627. The van der Waals surface area contributed by atoms with E-state index < -0.39 is 34.0 Å². The first-order valence-corrected chi connectivity index (χ1v) is 4.72. The van der Waals surface area contributed by atoms with Crippen molar-refractivity contribution in [3.8, 4) is 5.75 Å². The van der Waals surface area contributed by atoms with Crippen molar-refractivity contribution in [2.24, 2.45) is 0 Å². The number of anilines is 1. The molecule has 1 aromatic carbocycles. The van der Waals surface area contributed by atoms with Crippen molar-refractivity contribution in [3.05, 3.63) is 22.2 Å². The number of benzene rings is 1. The summed E-state index contributed by atoms with van der Waals surface area (Å²) in [5.41, 5.74) is 2.98. The minimum Gasteiger partial charge on any atom is -0.405 e. The Bertz CT molecular complexity index is 427. The summed E-state index contributed by atoms with van der Waals surface area (Å²) in [6.45, 7) is 0. The molecule has 0 aliphatic carbocycles. The lowest BCUT2D eigenvalue weighted by Crippen LogP contribution is -2.18. The van der Waals surface area contributed by atoms with E-state index in [1.54, 1.807) is 0 Å². The molecule has 9 heteroatoms. The average Bonchev–Trinajstić information content (AvgIpc) is 2.08. The van der Waals surface area contributed by atoms with E-state index in [-0.39, 0.29) is 0 Å². The highest BCUT2D eigenvalue weighted by molar-refractivity contribution is 9.10. The third-order valence-corrected chi connectivity index (χ3v) is 2.49. The van der Waals surface area contributed by atoms with E-state index in [0.29, 0.717) is 12.1 Å². The van der Waals surface area contributed by atoms with Gasteiger partial charge in [-0.15, -0.1) is 13.2 Å². The van der Waals surface area contributed by atoms with E-state index in [4.69, 9.17) is 5.73 Å². The van der Waals surface area contributed by atoms with Gasteiger partial charge in [0, 0.05) is 0 Å². The summed E-state index contributed by atoms with van der Waals surface area (Å²) < 4.78 is 75.5. The normalized spacial score (nSPS) is 12.6. The van der Waals surface area contributed by atoms with E-state index in [0.717, 1.165) is 0 Å². The number of ether oxygens (including phenoxy) is 1. The average molecular weight is 324 g/mol. The molecule has 0 bridgehead atoms. The van der Waals surface area contributed by atoms with Gasteiger partial charge in [0.25, 0.3) is 0 Å². The Balaban J connectivity index is 3.21. The Morgan fingerprint density at radius 3 is 2.00 bits per heavy atom. The Morgan fingerprint density at radius 1 is 1.06 bits per heavy atom. The van der Waals surface area contributed by atoms with E-state index in [1.807, 2.05) is 0 Å². The molecule has 0 atom stereocenters. The molecule has 0 unspecified atom stereocenters. The number of halogens is 7. The molecule has 0 amide bonds. The molecule has 0 saturated carbocycles. The molecular formula is C8H4BrF6NO. The van der Waals surface area contributed by atoms with Crippen LogP contribution >= 0.6 is 15.9 Å². The van der Waals surface area contributed by atoms with Crippen LogP contribution in [0, 0.1) is 0 Å². The monoisotopic (exact) mass is 323 g/mol. The van der Waals surface area contributed by atoms with Gasteiger partial charge in [-0.2, -0.15) is 13.2 Å². The van der Waals surface area contributed by atoms with Gasteiger partial charge >= 0.3 is 12.5 Å². The Hall–Kier alpha value is -1.12. The van der Waals surface area contributed by atoms with Crippen LogP contribution < -0.4 is 10.5 Å². The number of hydrogen-bond donors (Lipinski definition) is 1. The van der Waals surface area contributed by atoms with Crippen LogP contribution in [0.3, 0.4) is 0 Å². The van der Waals surface area contributed by atoms with Crippen LogP contribution in [0.1, 0.15) is 5.56 Å². The zero-order chi connectivity index (χ0) is 13.4. The molecular weight excluding hydrogens is 320 g/mol. The standard InChI is InChI=1S/C8H4BrF6NO/c9-5-4(17-8(13,14)15)2-1-3(6(5)16)7(10,11)12/h1-2H,16H2. The van der Waals surface area contributed by atoms with E-state index in [1.165, 1.54) is 0 Å². The van der Waals surface area contributed by atoms with Crippen molar-refractivity contribution in [1.29, 1.82) is 0 Å². The van der Waals surface area contributed by atoms with Crippen molar-refractivity contribution in [1.82, 2.24) is 0 Å². The molecule has 0 saturated heterocycles. The number of hydrogen-bond acceptors (Lipinski definition) is 2. The lowest BCUT2D eigenvalue weighted by molar-refractivity contribution is -0.274. The fourth-order valence-corrected chi connectivity index (χ4v) is 1.45. The number of nitrogens with two attached hydrogens (primary N) is 1. The molecule has 0 aliphatic rings. The lowest BCUT2D eigenvalue weighted by Gasteiger charge is -2.15. The van der Waals surface area contributed by atoms with Gasteiger partial charge in [0.1, 0.15) is 5.75 Å². The molecule has 0 aromatic heterocycles. The summed E-state index contributed by atoms with van der Waals surface area (Å²) in [6, 6.07) is 0.956. The first-order chi connectivity index (χ1) is 7.52. The van der Waals surface area contributed by atoms with Crippen LogP contribution in [0.25, 0.3) is 0 Å². The van der Waals surface area contributed by atoms with Crippen molar-refractivity contribution in [3.63, 3.8) is 0 Å². The van der Waals surface area contributed by atoms with Gasteiger partial charge in [-0.25, -0.2) is 0 Å². The van der Waals surface area contributed by atoms with Gasteiger partial charge in [-0.3, -0.25) is 0 Å². The van der Waals surface area contributed by atoms with Gasteiger partial charge in [0.05, 0.1) is 15.7 Å². The van der Waals surface area contributed by atoms with Gasteiger partial charge in [-0.1, -0.05) is 0 Å². The second kappa shape index (κ2) is 4.28. The fourth-order valence-electron chi connectivity index (χ4n) is 1.02. The predicted molar refractivity (Wildman–Crippen MR) is 50.2 cm³/mol. The molecule has 96 valence electrons. The molecule has 0 aliphatic heterocycles. The molecule has 2 N–H and O–H groups in total. The molecule has 0 heterocycles. The number of rotatable bonds is 1. The highest BCUT2D eigenvalue weighted by Gasteiger charge is 2.36. The lowest BCUT2D eigenvalue weighted by atomic mass is 10.1. The second-order valence-electron chi connectivity index (χ2n) is 2.88. The molecule has 0 spiro atoms.